The lowest BCUT2D eigenvalue weighted by atomic mass is 10.0. The molecule has 88 valence electrons. The molecule has 0 amide bonds. The third-order valence-corrected chi connectivity index (χ3v) is 3.28. The van der Waals surface area contributed by atoms with Crippen molar-refractivity contribution in [2.75, 3.05) is 0 Å². The Labute approximate surface area is 98.8 Å². The molecule has 0 saturated carbocycles. The molecule has 0 aromatic heterocycles. The molecule has 3 rings (SSSR count). The van der Waals surface area contributed by atoms with Crippen molar-refractivity contribution in [1.82, 2.24) is 4.76 Å². The molecule has 17 heavy (non-hydrogen) atoms. The summed E-state index contributed by atoms with van der Waals surface area (Å²) in [5.74, 6) is -0.0271. The number of aromatic hydroxyl groups is 1. The van der Waals surface area contributed by atoms with Gasteiger partial charge in [-0.15, -0.1) is 4.76 Å². The minimum Gasteiger partial charge on any atom is -0.593 e. The van der Waals surface area contributed by atoms with Crippen molar-refractivity contribution >= 4 is 5.69 Å². The van der Waals surface area contributed by atoms with Crippen LogP contribution in [0.25, 0.3) is 0 Å². The Morgan fingerprint density at radius 2 is 1.94 bits per heavy atom. The summed E-state index contributed by atoms with van der Waals surface area (Å²) >= 11 is 0. The molecule has 1 aromatic carbocycles. The van der Waals surface area contributed by atoms with Crippen LogP contribution >= 0.6 is 0 Å². The average molecular weight is 231 g/mol. The van der Waals surface area contributed by atoms with Gasteiger partial charge in [-0.2, -0.15) is 0 Å². The fourth-order valence-electron chi connectivity index (χ4n) is 2.39. The molecule has 0 saturated heterocycles. The van der Waals surface area contributed by atoms with Crippen LogP contribution in [-0.2, 0) is 0 Å². The number of rotatable bonds is 1. The van der Waals surface area contributed by atoms with Gasteiger partial charge in [-0.05, 0) is 25.3 Å². The molecule has 1 N–H and O–H groups in total. The maximum atomic E-state index is 12.7. The maximum absolute atomic E-state index is 12.7. The quantitative estimate of drug-likeness (QED) is 0.594. The molecular formula is C12H13N3O2. The van der Waals surface area contributed by atoms with Gasteiger partial charge in [0.2, 0.25) is 5.69 Å². The first-order chi connectivity index (χ1) is 8.22. The highest BCUT2D eigenvalue weighted by molar-refractivity contribution is 5.59. The van der Waals surface area contributed by atoms with Gasteiger partial charge in [0.1, 0.15) is 5.70 Å². The van der Waals surface area contributed by atoms with Gasteiger partial charge in [-0.3, -0.25) is 0 Å². The van der Waals surface area contributed by atoms with Crippen LogP contribution in [0.1, 0.15) is 25.7 Å². The zero-order chi connectivity index (χ0) is 11.9. The van der Waals surface area contributed by atoms with Gasteiger partial charge < -0.3 is 10.3 Å². The largest absolute Gasteiger partial charge is 0.593 e. The number of hydrogen-bond acceptors (Lipinski definition) is 4. The second-order valence-corrected chi connectivity index (χ2v) is 4.35. The van der Waals surface area contributed by atoms with Gasteiger partial charge in [-0.25, -0.2) is 0 Å². The molecule has 1 atom stereocenters. The highest BCUT2D eigenvalue weighted by atomic mass is 16.6. The summed E-state index contributed by atoms with van der Waals surface area (Å²) in [5.41, 5.74) is 1.73. The Hall–Kier alpha value is -1.72. The minimum atomic E-state index is -0.956. The fourth-order valence-corrected chi connectivity index (χ4v) is 2.39. The third kappa shape index (κ3) is 1.47. The predicted molar refractivity (Wildman–Crippen MR) is 63.6 cm³/mol. The van der Waals surface area contributed by atoms with Gasteiger partial charge in [0.15, 0.2) is 11.4 Å². The monoisotopic (exact) mass is 231 g/mol. The number of benzene rings is 1. The molecule has 1 aliphatic heterocycles. The summed E-state index contributed by atoms with van der Waals surface area (Å²) in [5, 5.41) is 30.3. The SMILES string of the molecule is [O-][N+]1(c2ccccc2O)N=NC2=C1CCCC2. The van der Waals surface area contributed by atoms with E-state index < -0.39 is 4.76 Å². The number of hydrogen-bond donors (Lipinski definition) is 1. The summed E-state index contributed by atoms with van der Waals surface area (Å²) < 4.78 is -0.956. The molecule has 0 spiro atoms. The zero-order valence-corrected chi connectivity index (χ0v) is 9.33. The Balaban J connectivity index is 2.12. The maximum Gasteiger partial charge on any atom is 0.208 e. The lowest BCUT2D eigenvalue weighted by Crippen LogP contribution is -2.34. The van der Waals surface area contributed by atoms with E-state index in [9.17, 15) is 10.3 Å². The summed E-state index contributed by atoms with van der Waals surface area (Å²) in [6.45, 7) is 0. The number of nitrogens with zero attached hydrogens (tertiary/aromatic N) is 3. The number of phenolic OH excluding ortho intramolecular Hbond substituents is 1. The van der Waals surface area contributed by atoms with Crippen molar-refractivity contribution in [1.29, 1.82) is 0 Å². The lowest BCUT2D eigenvalue weighted by Gasteiger charge is -2.33. The van der Waals surface area contributed by atoms with E-state index in [1.165, 1.54) is 6.07 Å². The van der Waals surface area contributed by atoms with Crippen LogP contribution in [-0.4, -0.2) is 5.11 Å². The molecule has 1 heterocycles. The van der Waals surface area contributed by atoms with Crippen LogP contribution in [0.5, 0.6) is 5.75 Å². The number of para-hydroxylation sites is 2. The van der Waals surface area contributed by atoms with Crippen molar-refractivity contribution in [3.8, 4) is 5.75 Å². The fraction of sp³-hybridized carbons (Fsp3) is 0.333. The molecule has 1 aromatic rings. The van der Waals surface area contributed by atoms with E-state index in [-0.39, 0.29) is 11.4 Å². The zero-order valence-electron chi connectivity index (χ0n) is 9.33. The second kappa shape index (κ2) is 3.65. The Kier molecular flexibility index (Phi) is 2.24. The van der Waals surface area contributed by atoms with Crippen molar-refractivity contribution < 1.29 is 5.11 Å². The molecule has 0 radical (unpaired) electrons. The van der Waals surface area contributed by atoms with E-state index in [1.54, 1.807) is 18.2 Å². The lowest BCUT2D eigenvalue weighted by molar-refractivity contribution is 0.409. The molecule has 1 unspecified atom stereocenters. The van der Waals surface area contributed by atoms with Crippen LogP contribution < -0.4 is 4.76 Å². The van der Waals surface area contributed by atoms with Crippen molar-refractivity contribution in [3.05, 3.63) is 40.9 Å². The topological polar surface area (TPSA) is 68.0 Å². The smallest absolute Gasteiger partial charge is 0.208 e. The predicted octanol–water partition coefficient (Wildman–Crippen LogP) is 3.36. The van der Waals surface area contributed by atoms with Crippen LogP contribution in [0.3, 0.4) is 0 Å². The molecule has 5 nitrogen and oxygen atoms in total. The van der Waals surface area contributed by atoms with Crippen LogP contribution in [0.2, 0.25) is 0 Å². The van der Waals surface area contributed by atoms with E-state index in [0.717, 1.165) is 25.0 Å². The van der Waals surface area contributed by atoms with E-state index in [1.807, 2.05) is 0 Å². The van der Waals surface area contributed by atoms with Gasteiger partial charge in [-0.1, -0.05) is 17.2 Å². The molecule has 0 fully saturated rings. The summed E-state index contributed by atoms with van der Waals surface area (Å²) in [4.78, 5) is 0. The Morgan fingerprint density at radius 3 is 2.76 bits per heavy atom. The van der Waals surface area contributed by atoms with Gasteiger partial charge in [0.25, 0.3) is 0 Å². The number of quaternary nitrogens is 1. The second-order valence-electron chi connectivity index (χ2n) is 4.35. The normalized spacial score (nSPS) is 27.4. The summed E-state index contributed by atoms with van der Waals surface area (Å²) in [7, 11) is 0. The van der Waals surface area contributed by atoms with Crippen molar-refractivity contribution in [2.24, 2.45) is 10.3 Å². The number of hydroxylamine groups is 1. The third-order valence-electron chi connectivity index (χ3n) is 3.28. The van der Waals surface area contributed by atoms with E-state index in [2.05, 4.69) is 10.3 Å². The number of phenols is 1. The highest BCUT2D eigenvalue weighted by Crippen LogP contribution is 2.45. The van der Waals surface area contributed by atoms with E-state index in [4.69, 9.17) is 0 Å². The number of allylic oxidation sites excluding steroid dienone is 2. The highest BCUT2D eigenvalue weighted by Gasteiger charge is 2.38. The molecule has 2 aliphatic rings. The minimum absolute atomic E-state index is 0.0271. The van der Waals surface area contributed by atoms with Gasteiger partial charge in [0, 0.05) is 17.7 Å². The van der Waals surface area contributed by atoms with Crippen LogP contribution in [0.4, 0.5) is 5.69 Å². The van der Waals surface area contributed by atoms with E-state index >= 15 is 0 Å². The molecule has 1 aliphatic carbocycles. The van der Waals surface area contributed by atoms with Crippen LogP contribution in [0.15, 0.2) is 46.0 Å². The molecular weight excluding hydrogens is 218 g/mol. The first kappa shape index (κ1) is 10.4. The van der Waals surface area contributed by atoms with Crippen molar-refractivity contribution in [2.45, 2.75) is 25.7 Å². The summed E-state index contributed by atoms with van der Waals surface area (Å²) in [6.07, 6.45) is 3.56. The first-order valence-corrected chi connectivity index (χ1v) is 5.76. The van der Waals surface area contributed by atoms with Gasteiger partial charge >= 0.3 is 0 Å². The average Bonchev–Trinajstić information content (AvgIpc) is 2.70. The summed E-state index contributed by atoms with van der Waals surface area (Å²) in [6, 6.07) is 6.52. The van der Waals surface area contributed by atoms with E-state index in [0.29, 0.717) is 12.1 Å². The van der Waals surface area contributed by atoms with Crippen molar-refractivity contribution in [3.63, 3.8) is 0 Å². The first-order valence-electron chi connectivity index (χ1n) is 5.76. The van der Waals surface area contributed by atoms with Crippen LogP contribution in [0, 0.1) is 5.21 Å². The standard InChI is InChI=1S/C12H13N3O2/c16-12-8-4-3-7-11(12)15(17)10-6-2-1-5-9(10)13-14-15/h3-4,7-8,16H,1-2,5-6H2. The molecule has 5 heteroatoms. The Bertz CT molecular complexity index is 524. The Morgan fingerprint density at radius 1 is 1.18 bits per heavy atom. The van der Waals surface area contributed by atoms with Gasteiger partial charge in [0.05, 0.1) is 0 Å². The molecule has 0 bridgehead atoms.